The van der Waals surface area contributed by atoms with Crippen LogP contribution >= 0.6 is 0 Å². The molecule has 0 saturated heterocycles. The second-order valence-corrected chi connectivity index (χ2v) is 7.78. The van der Waals surface area contributed by atoms with Crippen molar-refractivity contribution in [3.8, 4) is 11.5 Å². The maximum atomic E-state index is 12.5. The Balaban J connectivity index is 1.53. The van der Waals surface area contributed by atoms with Crippen molar-refractivity contribution >= 4 is 23.1 Å². The Morgan fingerprint density at radius 1 is 1.29 bits per heavy atom. The molecule has 0 spiro atoms. The third kappa shape index (κ3) is 4.32. The van der Waals surface area contributed by atoms with Crippen molar-refractivity contribution in [1.82, 2.24) is 24.6 Å². The van der Waals surface area contributed by atoms with Crippen LogP contribution in [0.2, 0.25) is 0 Å². The molecule has 10 nitrogen and oxygen atoms in total. The minimum absolute atomic E-state index is 0.222. The molecule has 2 aromatic heterocycles. The molecule has 1 saturated carbocycles. The molecule has 0 bridgehead atoms. The Bertz CT molecular complexity index is 1150. The molecule has 2 N–H and O–H groups in total. The zero-order valence-corrected chi connectivity index (χ0v) is 17.8. The van der Waals surface area contributed by atoms with Crippen LogP contribution in [0.3, 0.4) is 0 Å². The molecule has 10 heteroatoms. The zero-order valence-electron chi connectivity index (χ0n) is 17.8. The van der Waals surface area contributed by atoms with Crippen LogP contribution < -0.4 is 20.3 Å². The lowest BCUT2D eigenvalue weighted by Gasteiger charge is -2.14. The average molecular weight is 426 g/mol. The van der Waals surface area contributed by atoms with Crippen molar-refractivity contribution in [1.29, 1.82) is 0 Å². The SMILES string of the molecule is COc1cc(CNc2nc3c(cnn3C3CCCC3)c(=O)[nH]2)ccc1OC(=O)N(C)C. The van der Waals surface area contributed by atoms with Gasteiger partial charge in [-0.3, -0.25) is 9.78 Å². The summed E-state index contributed by atoms with van der Waals surface area (Å²) in [6.07, 6.45) is 5.54. The molecule has 0 radical (unpaired) electrons. The number of rotatable bonds is 6. The fourth-order valence-corrected chi connectivity index (χ4v) is 3.71. The van der Waals surface area contributed by atoms with Gasteiger partial charge in [0, 0.05) is 20.6 Å². The molecule has 1 aliphatic carbocycles. The van der Waals surface area contributed by atoms with E-state index in [-0.39, 0.29) is 5.56 Å². The molecule has 3 aromatic rings. The molecule has 1 aromatic carbocycles. The molecular formula is C21H26N6O4. The van der Waals surface area contributed by atoms with E-state index in [1.54, 1.807) is 32.4 Å². The molecule has 0 aliphatic heterocycles. The van der Waals surface area contributed by atoms with E-state index in [4.69, 9.17) is 9.47 Å². The number of hydrogen-bond acceptors (Lipinski definition) is 7. The molecule has 1 fully saturated rings. The Labute approximate surface area is 179 Å². The number of amides is 1. The van der Waals surface area contributed by atoms with Gasteiger partial charge in [-0.2, -0.15) is 10.1 Å². The summed E-state index contributed by atoms with van der Waals surface area (Å²) in [5, 5.41) is 8.05. The summed E-state index contributed by atoms with van der Waals surface area (Å²) in [5.41, 5.74) is 1.25. The number of ether oxygens (including phenoxy) is 2. The monoisotopic (exact) mass is 426 g/mol. The summed E-state index contributed by atoms with van der Waals surface area (Å²) in [4.78, 5) is 33.0. The van der Waals surface area contributed by atoms with Gasteiger partial charge in [-0.25, -0.2) is 9.48 Å². The normalized spacial score (nSPS) is 14.0. The van der Waals surface area contributed by atoms with Crippen molar-refractivity contribution < 1.29 is 14.3 Å². The van der Waals surface area contributed by atoms with Crippen molar-refractivity contribution in [3.63, 3.8) is 0 Å². The van der Waals surface area contributed by atoms with E-state index in [2.05, 4.69) is 20.4 Å². The summed E-state index contributed by atoms with van der Waals surface area (Å²) in [5.74, 6) is 1.14. The Hall–Kier alpha value is -3.56. The minimum Gasteiger partial charge on any atom is -0.493 e. The lowest BCUT2D eigenvalue weighted by molar-refractivity contribution is 0.170. The maximum Gasteiger partial charge on any atom is 0.414 e. The first-order chi connectivity index (χ1) is 15.0. The van der Waals surface area contributed by atoms with Gasteiger partial charge in [-0.1, -0.05) is 18.9 Å². The molecule has 2 heterocycles. The Morgan fingerprint density at radius 2 is 2.06 bits per heavy atom. The van der Waals surface area contributed by atoms with Gasteiger partial charge in [-0.05, 0) is 30.5 Å². The van der Waals surface area contributed by atoms with E-state index in [1.165, 1.54) is 24.9 Å². The van der Waals surface area contributed by atoms with E-state index >= 15 is 0 Å². The van der Waals surface area contributed by atoms with Crippen LogP contribution in [0.15, 0.2) is 29.2 Å². The molecule has 31 heavy (non-hydrogen) atoms. The van der Waals surface area contributed by atoms with Crippen LogP contribution in [-0.2, 0) is 6.54 Å². The Morgan fingerprint density at radius 3 is 2.77 bits per heavy atom. The summed E-state index contributed by atoms with van der Waals surface area (Å²) in [7, 11) is 4.73. The number of nitrogens with zero attached hydrogens (tertiary/aromatic N) is 4. The highest BCUT2D eigenvalue weighted by molar-refractivity contribution is 5.74. The van der Waals surface area contributed by atoms with Crippen LogP contribution in [0, 0.1) is 0 Å². The molecule has 1 aliphatic rings. The lowest BCUT2D eigenvalue weighted by Crippen LogP contribution is -2.25. The van der Waals surface area contributed by atoms with Gasteiger partial charge in [0.25, 0.3) is 5.56 Å². The number of carbonyl (C=O) groups excluding carboxylic acids is 1. The number of aromatic nitrogens is 4. The standard InChI is InChI=1S/C21H26N6O4/c1-26(2)21(29)31-16-9-8-13(10-17(16)30-3)11-22-20-24-18-15(19(28)25-20)12-23-27(18)14-6-4-5-7-14/h8-10,12,14H,4-7,11H2,1-3H3,(H2,22,24,25,28). The van der Waals surface area contributed by atoms with Gasteiger partial charge in [-0.15, -0.1) is 0 Å². The molecule has 1 amide bonds. The van der Waals surface area contributed by atoms with E-state index in [0.29, 0.717) is 41.1 Å². The topological polar surface area (TPSA) is 114 Å². The van der Waals surface area contributed by atoms with Gasteiger partial charge in [0.05, 0.1) is 19.3 Å². The number of anilines is 1. The van der Waals surface area contributed by atoms with E-state index in [9.17, 15) is 9.59 Å². The quantitative estimate of drug-likeness (QED) is 0.623. The largest absolute Gasteiger partial charge is 0.493 e. The first-order valence-corrected chi connectivity index (χ1v) is 10.2. The first kappa shape index (κ1) is 20.7. The molecular weight excluding hydrogens is 400 g/mol. The number of H-pyrrole nitrogens is 1. The third-order valence-corrected chi connectivity index (χ3v) is 5.38. The summed E-state index contributed by atoms with van der Waals surface area (Å²) < 4.78 is 12.5. The van der Waals surface area contributed by atoms with E-state index in [0.717, 1.165) is 18.4 Å². The highest BCUT2D eigenvalue weighted by atomic mass is 16.6. The van der Waals surface area contributed by atoms with Crippen molar-refractivity contribution in [3.05, 3.63) is 40.3 Å². The van der Waals surface area contributed by atoms with Crippen molar-refractivity contribution in [2.75, 3.05) is 26.5 Å². The van der Waals surface area contributed by atoms with Crippen LogP contribution in [-0.4, -0.2) is 51.9 Å². The number of hydrogen-bond donors (Lipinski definition) is 2. The molecule has 164 valence electrons. The van der Waals surface area contributed by atoms with E-state index in [1.807, 2.05) is 10.7 Å². The molecule has 0 atom stereocenters. The highest BCUT2D eigenvalue weighted by Gasteiger charge is 2.21. The second-order valence-electron chi connectivity index (χ2n) is 7.78. The number of carbonyl (C=O) groups is 1. The minimum atomic E-state index is -0.488. The first-order valence-electron chi connectivity index (χ1n) is 10.2. The van der Waals surface area contributed by atoms with Crippen LogP contribution in [0.25, 0.3) is 11.0 Å². The van der Waals surface area contributed by atoms with Gasteiger partial charge in [0.1, 0.15) is 5.39 Å². The molecule has 0 unspecified atom stereocenters. The fraction of sp³-hybridized carbons (Fsp3) is 0.429. The summed E-state index contributed by atoms with van der Waals surface area (Å²) in [6, 6.07) is 5.55. The number of methoxy groups -OCH3 is 1. The maximum absolute atomic E-state index is 12.5. The highest BCUT2D eigenvalue weighted by Crippen LogP contribution is 2.31. The lowest BCUT2D eigenvalue weighted by atomic mass is 10.2. The number of aromatic amines is 1. The summed E-state index contributed by atoms with van der Waals surface area (Å²) in [6.45, 7) is 0.393. The van der Waals surface area contributed by atoms with Crippen LogP contribution in [0.5, 0.6) is 11.5 Å². The van der Waals surface area contributed by atoms with Crippen LogP contribution in [0.4, 0.5) is 10.7 Å². The van der Waals surface area contributed by atoms with Crippen molar-refractivity contribution in [2.24, 2.45) is 0 Å². The molecule has 4 rings (SSSR count). The predicted molar refractivity (Wildman–Crippen MR) is 116 cm³/mol. The van der Waals surface area contributed by atoms with Gasteiger partial charge in [0.15, 0.2) is 17.1 Å². The third-order valence-electron chi connectivity index (χ3n) is 5.38. The van der Waals surface area contributed by atoms with E-state index < -0.39 is 6.09 Å². The van der Waals surface area contributed by atoms with Gasteiger partial charge in [0.2, 0.25) is 5.95 Å². The van der Waals surface area contributed by atoms with Crippen LogP contribution in [0.1, 0.15) is 37.3 Å². The predicted octanol–water partition coefficient (Wildman–Crippen LogP) is 2.92. The number of benzene rings is 1. The fourth-order valence-electron chi connectivity index (χ4n) is 3.71. The number of nitrogens with one attached hydrogen (secondary N) is 2. The van der Waals surface area contributed by atoms with Gasteiger partial charge < -0.3 is 19.7 Å². The number of fused-ring (bicyclic) bond motifs is 1. The van der Waals surface area contributed by atoms with Crippen molar-refractivity contribution in [2.45, 2.75) is 38.3 Å². The average Bonchev–Trinajstić information content (AvgIpc) is 3.42. The van der Waals surface area contributed by atoms with Gasteiger partial charge >= 0.3 is 6.09 Å². The smallest absolute Gasteiger partial charge is 0.414 e. The second kappa shape index (κ2) is 8.66. The summed E-state index contributed by atoms with van der Waals surface area (Å²) >= 11 is 0. The Kier molecular flexibility index (Phi) is 5.79. The zero-order chi connectivity index (χ0) is 22.0.